The molecule has 0 unspecified atom stereocenters. The van der Waals surface area contributed by atoms with Crippen LogP contribution in [0.15, 0.2) is 18.2 Å². The highest BCUT2D eigenvalue weighted by molar-refractivity contribution is 6.07. The molecule has 2 saturated heterocycles. The molecule has 5 nitrogen and oxygen atoms in total. The summed E-state index contributed by atoms with van der Waals surface area (Å²) in [7, 11) is 1.65. The minimum atomic E-state index is -0.436. The number of ether oxygens (including phenoxy) is 1. The maximum Gasteiger partial charge on any atom is 0.236 e. The van der Waals surface area contributed by atoms with Gasteiger partial charge >= 0.3 is 0 Å². The zero-order valence-corrected chi connectivity index (χ0v) is 15.1. The Morgan fingerprint density at radius 3 is 2.96 bits per heavy atom. The number of piperidine rings is 1. The molecule has 1 aromatic rings. The molecule has 1 spiro atoms. The number of anilines is 1. The Bertz CT molecular complexity index is 677. The van der Waals surface area contributed by atoms with Crippen molar-refractivity contribution in [1.29, 1.82) is 0 Å². The van der Waals surface area contributed by atoms with E-state index in [0.717, 1.165) is 55.8 Å². The van der Waals surface area contributed by atoms with Crippen LogP contribution in [0.2, 0.25) is 0 Å². The van der Waals surface area contributed by atoms with Crippen LogP contribution >= 0.6 is 0 Å². The number of aliphatic hydroxyl groups excluding tert-OH is 1. The minimum Gasteiger partial charge on any atom is -0.497 e. The lowest BCUT2D eigenvalue weighted by atomic mass is 9.68. The molecule has 0 aliphatic carbocycles. The summed E-state index contributed by atoms with van der Waals surface area (Å²) < 4.78 is 5.32. The number of aliphatic hydroxyl groups is 1. The monoisotopic (exact) mass is 344 g/mol. The van der Waals surface area contributed by atoms with E-state index in [1.54, 1.807) is 7.11 Å². The van der Waals surface area contributed by atoms with Crippen molar-refractivity contribution < 1.29 is 14.6 Å². The van der Waals surface area contributed by atoms with Crippen molar-refractivity contribution in [3.63, 3.8) is 0 Å². The van der Waals surface area contributed by atoms with Crippen LogP contribution in [-0.4, -0.2) is 48.8 Å². The summed E-state index contributed by atoms with van der Waals surface area (Å²) in [4.78, 5) is 15.6. The van der Waals surface area contributed by atoms with Crippen molar-refractivity contribution in [1.82, 2.24) is 4.90 Å². The second-order valence-electron chi connectivity index (χ2n) is 7.77. The minimum absolute atomic E-state index is 0.140. The van der Waals surface area contributed by atoms with E-state index >= 15 is 0 Å². The first-order chi connectivity index (χ1) is 12.1. The highest BCUT2D eigenvalue weighted by Gasteiger charge is 2.59. The SMILES string of the molecule is CC[C@H]1CN2CC[C@@]3(C(=O)Nc4cc(OC)ccc43)[C@@H]2C[C@@H]1CCO. The summed E-state index contributed by atoms with van der Waals surface area (Å²) in [5, 5.41) is 12.6. The fourth-order valence-electron chi connectivity index (χ4n) is 5.51. The first kappa shape index (κ1) is 16.9. The third-order valence-corrected chi connectivity index (χ3v) is 6.85. The Morgan fingerprint density at radius 1 is 1.40 bits per heavy atom. The van der Waals surface area contributed by atoms with Gasteiger partial charge in [-0.15, -0.1) is 0 Å². The van der Waals surface area contributed by atoms with E-state index in [1.807, 2.05) is 12.1 Å². The third kappa shape index (κ3) is 2.40. The number of carbonyl (C=O) groups is 1. The Kier molecular flexibility index (Phi) is 4.24. The van der Waals surface area contributed by atoms with Crippen LogP contribution < -0.4 is 10.1 Å². The molecule has 1 aromatic carbocycles. The highest BCUT2D eigenvalue weighted by atomic mass is 16.5. The van der Waals surface area contributed by atoms with Gasteiger partial charge in [-0.1, -0.05) is 19.4 Å². The van der Waals surface area contributed by atoms with Crippen molar-refractivity contribution in [2.45, 2.75) is 44.1 Å². The van der Waals surface area contributed by atoms with E-state index in [9.17, 15) is 9.90 Å². The molecule has 0 saturated carbocycles. The number of carbonyl (C=O) groups excluding carboxylic acids is 1. The van der Waals surface area contributed by atoms with Crippen LogP contribution in [0.1, 0.15) is 38.2 Å². The molecular formula is C20H28N2O3. The number of fused-ring (bicyclic) bond motifs is 4. The van der Waals surface area contributed by atoms with Crippen molar-refractivity contribution in [3.05, 3.63) is 23.8 Å². The van der Waals surface area contributed by atoms with Gasteiger partial charge in [0.1, 0.15) is 5.75 Å². The van der Waals surface area contributed by atoms with Gasteiger partial charge in [-0.05, 0) is 49.3 Å². The van der Waals surface area contributed by atoms with Gasteiger partial charge in [-0.3, -0.25) is 9.69 Å². The second-order valence-corrected chi connectivity index (χ2v) is 7.77. The van der Waals surface area contributed by atoms with E-state index in [-0.39, 0.29) is 18.6 Å². The Morgan fingerprint density at radius 2 is 2.24 bits per heavy atom. The molecule has 2 fully saturated rings. The lowest BCUT2D eigenvalue weighted by Crippen LogP contribution is -2.53. The van der Waals surface area contributed by atoms with Gasteiger partial charge < -0.3 is 15.2 Å². The van der Waals surface area contributed by atoms with Crippen LogP contribution in [0.25, 0.3) is 0 Å². The number of rotatable bonds is 4. The lowest BCUT2D eigenvalue weighted by molar-refractivity contribution is -0.122. The standard InChI is InChI=1S/C20H28N2O3/c1-3-13-12-22-8-7-20(18(22)10-14(13)6-9-23)16-5-4-15(25-2)11-17(16)21-19(20)24/h4-5,11,13-14,18,23H,3,6-10,12H2,1-2H3,(H,21,24)/t13-,14-,18-,20-/m0/s1. The van der Waals surface area contributed by atoms with Crippen LogP contribution in [0, 0.1) is 11.8 Å². The summed E-state index contributed by atoms with van der Waals surface area (Å²) in [5.41, 5.74) is 1.60. The Hall–Kier alpha value is -1.59. The summed E-state index contributed by atoms with van der Waals surface area (Å²) >= 11 is 0. The second kappa shape index (κ2) is 6.29. The quantitative estimate of drug-likeness (QED) is 0.880. The molecule has 5 heteroatoms. The maximum atomic E-state index is 13.1. The summed E-state index contributed by atoms with van der Waals surface area (Å²) in [5.74, 6) is 2.04. The van der Waals surface area contributed by atoms with Crippen molar-refractivity contribution >= 4 is 11.6 Å². The molecule has 3 aliphatic heterocycles. The molecule has 2 N–H and O–H groups in total. The van der Waals surface area contributed by atoms with Gasteiger partial charge in [0.25, 0.3) is 0 Å². The average molecular weight is 344 g/mol. The predicted molar refractivity (Wildman–Crippen MR) is 96.9 cm³/mol. The molecule has 1 amide bonds. The molecule has 0 bridgehead atoms. The Labute approximate surface area is 149 Å². The topological polar surface area (TPSA) is 61.8 Å². The van der Waals surface area contributed by atoms with Gasteiger partial charge in [-0.2, -0.15) is 0 Å². The van der Waals surface area contributed by atoms with Crippen molar-refractivity contribution in [2.75, 3.05) is 32.1 Å². The first-order valence-corrected chi connectivity index (χ1v) is 9.49. The fraction of sp³-hybridized carbons (Fsp3) is 0.650. The van der Waals surface area contributed by atoms with Crippen LogP contribution in [0.5, 0.6) is 5.75 Å². The van der Waals surface area contributed by atoms with Crippen LogP contribution in [0.3, 0.4) is 0 Å². The van der Waals surface area contributed by atoms with Gasteiger partial charge in [0.05, 0.1) is 12.5 Å². The number of benzene rings is 1. The summed E-state index contributed by atoms with van der Waals surface area (Å²) in [6, 6.07) is 6.21. The number of hydrogen-bond donors (Lipinski definition) is 2. The summed E-state index contributed by atoms with van der Waals surface area (Å²) in [6.45, 7) is 4.50. The van der Waals surface area contributed by atoms with Crippen molar-refractivity contribution in [2.24, 2.45) is 11.8 Å². The van der Waals surface area contributed by atoms with E-state index in [2.05, 4.69) is 23.2 Å². The molecule has 136 valence electrons. The van der Waals surface area contributed by atoms with Gasteiger partial charge in [-0.25, -0.2) is 0 Å². The van der Waals surface area contributed by atoms with Crippen LogP contribution in [0.4, 0.5) is 5.69 Å². The van der Waals surface area contributed by atoms with E-state index < -0.39 is 5.41 Å². The fourth-order valence-corrected chi connectivity index (χ4v) is 5.51. The molecule has 25 heavy (non-hydrogen) atoms. The zero-order chi connectivity index (χ0) is 17.6. The maximum absolute atomic E-state index is 13.1. The normalized spacial score (nSPS) is 34.0. The molecule has 3 aliphatic rings. The number of hydrogen-bond acceptors (Lipinski definition) is 4. The van der Waals surface area contributed by atoms with Gasteiger partial charge in [0, 0.05) is 30.9 Å². The van der Waals surface area contributed by atoms with E-state index in [4.69, 9.17) is 4.74 Å². The third-order valence-electron chi connectivity index (χ3n) is 6.85. The van der Waals surface area contributed by atoms with Crippen LogP contribution in [-0.2, 0) is 10.2 Å². The molecule has 4 atom stereocenters. The summed E-state index contributed by atoms with van der Waals surface area (Å²) in [6.07, 6.45) is 3.86. The molecular weight excluding hydrogens is 316 g/mol. The predicted octanol–water partition coefficient (Wildman–Crippen LogP) is 2.39. The molecule has 3 heterocycles. The number of nitrogens with one attached hydrogen (secondary N) is 1. The van der Waals surface area contributed by atoms with Crippen molar-refractivity contribution in [3.8, 4) is 5.75 Å². The number of amides is 1. The highest BCUT2D eigenvalue weighted by Crippen LogP contribution is 2.53. The average Bonchev–Trinajstić information content (AvgIpc) is 3.13. The smallest absolute Gasteiger partial charge is 0.236 e. The zero-order valence-electron chi connectivity index (χ0n) is 15.1. The van der Waals surface area contributed by atoms with Gasteiger partial charge in [0.15, 0.2) is 0 Å². The van der Waals surface area contributed by atoms with Gasteiger partial charge in [0.2, 0.25) is 5.91 Å². The van der Waals surface area contributed by atoms with E-state index in [1.165, 1.54) is 0 Å². The van der Waals surface area contributed by atoms with E-state index in [0.29, 0.717) is 11.8 Å². The molecule has 0 aromatic heterocycles. The number of methoxy groups -OCH3 is 1. The molecule has 0 radical (unpaired) electrons. The Balaban J connectivity index is 1.71. The number of nitrogens with zero attached hydrogens (tertiary/aromatic N) is 1. The largest absolute Gasteiger partial charge is 0.497 e. The lowest BCUT2D eigenvalue weighted by Gasteiger charge is -2.44. The molecule has 4 rings (SSSR count). The first-order valence-electron chi connectivity index (χ1n) is 9.49.